The first-order valence-corrected chi connectivity index (χ1v) is 5.58. The number of carbonyl (C=O) groups excluding carboxylic acids is 1. The van der Waals surface area contributed by atoms with Gasteiger partial charge in [0.2, 0.25) is 5.91 Å². The molecule has 1 amide bonds. The lowest BCUT2D eigenvalue weighted by Gasteiger charge is -2.35. The zero-order valence-corrected chi connectivity index (χ0v) is 11.2. The van der Waals surface area contributed by atoms with E-state index in [0.717, 1.165) is 0 Å². The minimum atomic E-state index is -4.35. The van der Waals surface area contributed by atoms with Gasteiger partial charge in [0.05, 0.1) is 6.54 Å². The van der Waals surface area contributed by atoms with E-state index in [4.69, 9.17) is 0 Å². The van der Waals surface area contributed by atoms with Crippen LogP contribution in [0.15, 0.2) is 0 Å². The molecular formula is C10H19ClF3N3O. The summed E-state index contributed by atoms with van der Waals surface area (Å²) in [5.41, 5.74) is 0. The van der Waals surface area contributed by atoms with E-state index in [9.17, 15) is 18.0 Å². The molecule has 1 fully saturated rings. The summed E-state index contributed by atoms with van der Waals surface area (Å²) in [4.78, 5) is 13.2. The van der Waals surface area contributed by atoms with E-state index in [1.54, 1.807) is 0 Å². The van der Waals surface area contributed by atoms with E-state index in [0.29, 0.717) is 13.1 Å². The molecule has 0 aromatic carbocycles. The number of halogens is 4. The molecule has 8 heteroatoms. The van der Waals surface area contributed by atoms with Crippen molar-refractivity contribution < 1.29 is 18.0 Å². The Balaban J connectivity index is 0.00000289. The molecule has 18 heavy (non-hydrogen) atoms. The van der Waals surface area contributed by atoms with Crippen molar-refractivity contribution >= 4 is 18.3 Å². The van der Waals surface area contributed by atoms with Gasteiger partial charge in [0.25, 0.3) is 0 Å². The van der Waals surface area contributed by atoms with Gasteiger partial charge in [0.15, 0.2) is 0 Å². The standard InChI is InChI=1S/C10H18F3N3O.ClH/c1-7-3-16(4-8(2)15-7)5-9(17)14-6-10(11,12)13;/h7-8,15H,3-6H2,1-2H3,(H,14,17);1H. The Morgan fingerprint density at radius 2 is 1.83 bits per heavy atom. The van der Waals surface area contributed by atoms with Crippen molar-refractivity contribution in [1.82, 2.24) is 15.5 Å². The van der Waals surface area contributed by atoms with Crippen molar-refractivity contribution in [1.29, 1.82) is 0 Å². The Hall–Kier alpha value is -0.530. The van der Waals surface area contributed by atoms with Gasteiger partial charge >= 0.3 is 6.18 Å². The third kappa shape index (κ3) is 7.03. The lowest BCUT2D eigenvalue weighted by atomic mass is 10.1. The second-order valence-electron chi connectivity index (χ2n) is 4.55. The Labute approximate surface area is 111 Å². The van der Waals surface area contributed by atoms with Gasteiger partial charge in [-0.05, 0) is 13.8 Å². The summed E-state index contributed by atoms with van der Waals surface area (Å²) in [7, 11) is 0. The SMILES string of the molecule is CC1CN(CC(=O)NCC(F)(F)F)CC(C)N1.Cl. The fourth-order valence-corrected chi connectivity index (χ4v) is 2.03. The summed E-state index contributed by atoms with van der Waals surface area (Å²) in [5, 5.41) is 5.16. The molecule has 0 bridgehead atoms. The van der Waals surface area contributed by atoms with Gasteiger partial charge in [-0.25, -0.2) is 0 Å². The van der Waals surface area contributed by atoms with Crippen molar-refractivity contribution in [3.05, 3.63) is 0 Å². The third-order valence-corrected chi connectivity index (χ3v) is 2.49. The Morgan fingerprint density at radius 3 is 2.28 bits per heavy atom. The van der Waals surface area contributed by atoms with Crippen LogP contribution in [-0.2, 0) is 4.79 Å². The van der Waals surface area contributed by atoms with Crippen LogP contribution < -0.4 is 10.6 Å². The predicted octanol–water partition coefficient (Wildman–Crippen LogP) is 0.769. The van der Waals surface area contributed by atoms with Crippen LogP contribution in [0.3, 0.4) is 0 Å². The highest BCUT2D eigenvalue weighted by Gasteiger charge is 2.28. The van der Waals surface area contributed by atoms with Gasteiger partial charge in [-0.15, -0.1) is 12.4 Å². The van der Waals surface area contributed by atoms with E-state index < -0.39 is 18.6 Å². The van der Waals surface area contributed by atoms with Gasteiger partial charge in [-0.3, -0.25) is 9.69 Å². The molecule has 0 saturated carbocycles. The Kier molecular flexibility index (Phi) is 6.94. The minimum absolute atomic E-state index is 0. The molecule has 2 unspecified atom stereocenters. The van der Waals surface area contributed by atoms with Crippen LogP contribution in [-0.4, -0.2) is 55.2 Å². The smallest absolute Gasteiger partial charge is 0.346 e. The van der Waals surface area contributed by atoms with E-state index in [2.05, 4.69) is 5.32 Å². The fourth-order valence-electron chi connectivity index (χ4n) is 2.03. The molecule has 1 aliphatic heterocycles. The highest BCUT2D eigenvalue weighted by Crippen LogP contribution is 2.12. The molecular weight excluding hydrogens is 271 g/mol. The zero-order valence-electron chi connectivity index (χ0n) is 10.4. The zero-order chi connectivity index (χ0) is 13.1. The van der Waals surface area contributed by atoms with Gasteiger partial charge in [-0.2, -0.15) is 13.2 Å². The molecule has 4 nitrogen and oxygen atoms in total. The van der Waals surface area contributed by atoms with E-state index in [-0.39, 0.29) is 31.0 Å². The molecule has 0 aromatic rings. The molecule has 2 N–H and O–H groups in total. The second-order valence-corrected chi connectivity index (χ2v) is 4.55. The summed E-state index contributed by atoms with van der Waals surface area (Å²) < 4.78 is 35.6. The number of nitrogens with zero attached hydrogens (tertiary/aromatic N) is 1. The number of piperazine rings is 1. The maximum atomic E-state index is 11.9. The lowest BCUT2D eigenvalue weighted by Crippen LogP contribution is -2.56. The predicted molar refractivity (Wildman–Crippen MR) is 64.8 cm³/mol. The summed E-state index contributed by atoms with van der Waals surface area (Å²) in [5.74, 6) is -0.580. The maximum absolute atomic E-state index is 11.9. The summed E-state index contributed by atoms with van der Waals surface area (Å²) in [6.45, 7) is 4.07. The number of rotatable bonds is 3. The van der Waals surface area contributed by atoms with Crippen LogP contribution in [0.1, 0.15) is 13.8 Å². The second kappa shape index (κ2) is 7.16. The number of hydrogen-bond donors (Lipinski definition) is 2. The van der Waals surface area contributed by atoms with Gasteiger partial charge < -0.3 is 10.6 Å². The maximum Gasteiger partial charge on any atom is 0.405 e. The largest absolute Gasteiger partial charge is 0.405 e. The molecule has 2 atom stereocenters. The van der Waals surface area contributed by atoms with Crippen LogP contribution in [0.2, 0.25) is 0 Å². The highest BCUT2D eigenvalue weighted by atomic mass is 35.5. The molecule has 1 saturated heterocycles. The van der Waals surface area contributed by atoms with E-state index >= 15 is 0 Å². The fraction of sp³-hybridized carbons (Fsp3) is 0.900. The molecule has 1 rings (SSSR count). The average molecular weight is 290 g/mol. The first-order chi connectivity index (χ1) is 7.76. The number of nitrogens with one attached hydrogen (secondary N) is 2. The van der Waals surface area contributed by atoms with Gasteiger partial charge in [-0.1, -0.05) is 0 Å². The highest BCUT2D eigenvalue weighted by molar-refractivity contribution is 5.85. The summed E-state index contributed by atoms with van der Waals surface area (Å²) in [6.07, 6.45) is -4.35. The summed E-state index contributed by atoms with van der Waals surface area (Å²) in [6, 6.07) is 0.489. The summed E-state index contributed by atoms with van der Waals surface area (Å²) >= 11 is 0. The monoisotopic (exact) mass is 289 g/mol. The van der Waals surface area contributed by atoms with Crippen LogP contribution in [0.5, 0.6) is 0 Å². The van der Waals surface area contributed by atoms with Gasteiger partial charge in [0, 0.05) is 25.2 Å². The normalized spacial score (nSPS) is 25.4. The number of carbonyl (C=O) groups is 1. The van der Waals surface area contributed by atoms with Crippen LogP contribution in [0.4, 0.5) is 13.2 Å². The third-order valence-electron chi connectivity index (χ3n) is 2.49. The molecule has 0 spiro atoms. The molecule has 0 aliphatic carbocycles. The molecule has 108 valence electrons. The van der Waals surface area contributed by atoms with Crippen molar-refractivity contribution in [2.24, 2.45) is 0 Å². The van der Waals surface area contributed by atoms with E-state index in [1.165, 1.54) is 0 Å². The molecule has 0 radical (unpaired) electrons. The van der Waals surface area contributed by atoms with Crippen LogP contribution in [0, 0.1) is 0 Å². The average Bonchev–Trinajstić information content (AvgIpc) is 2.11. The first kappa shape index (κ1) is 17.5. The quantitative estimate of drug-likeness (QED) is 0.807. The van der Waals surface area contributed by atoms with Crippen molar-refractivity contribution in [2.45, 2.75) is 32.1 Å². The van der Waals surface area contributed by atoms with Crippen LogP contribution >= 0.6 is 12.4 Å². The number of alkyl halides is 3. The van der Waals surface area contributed by atoms with Crippen molar-refractivity contribution in [3.63, 3.8) is 0 Å². The topological polar surface area (TPSA) is 44.4 Å². The first-order valence-electron chi connectivity index (χ1n) is 5.58. The lowest BCUT2D eigenvalue weighted by molar-refractivity contribution is -0.139. The number of amides is 1. The Bertz CT molecular complexity index is 266. The van der Waals surface area contributed by atoms with Crippen molar-refractivity contribution in [2.75, 3.05) is 26.2 Å². The molecule has 0 aromatic heterocycles. The molecule has 1 heterocycles. The van der Waals surface area contributed by atoms with E-state index in [1.807, 2.05) is 24.1 Å². The minimum Gasteiger partial charge on any atom is -0.346 e. The van der Waals surface area contributed by atoms with Crippen LogP contribution in [0.25, 0.3) is 0 Å². The number of hydrogen-bond acceptors (Lipinski definition) is 3. The Morgan fingerprint density at radius 1 is 1.33 bits per heavy atom. The van der Waals surface area contributed by atoms with Gasteiger partial charge in [0.1, 0.15) is 6.54 Å². The van der Waals surface area contributed by atoms with Crippen molar-refractivity contribution in [3.8, 4) is 0 Å². The molecule has 1 aliphatic rings.